The lowest BCUT2D eigenvalue weighted by atomic mass is 10.3. The molecule has 1 heterocycles. The van der Waals surface area contributed by atoms with Crippen molar-refractivity contribution in [1.82, 2.24) is 0 Å². The first-order chi connectivity index (χ1) is 5.22. The SMILES string of the molecule is C/C(=C/c1ccc(C)o1)CO. The van der Waals surface area contributed by atoms with Gasteiger partial charge in [0.2, 0.25) is 0 Å². The minimum atomic E-state index is 0.0831. The fourth-order valence-electron chi connectivity index (χ4n) is 0.819. The first-order valence-electron chi connectivity index (χ1n) is 3.57. The van der Waals surface area contributed by atoms with Crippen LogP contribution in [0.5, 0.6) is 0 Å². The topological polar surface area (TPSA) is 33.4 Å². The van der Waals surface area contributed by atoms with Gasteiger partial charge in [-0.15, -0.1) is 0 Å². The van der Waals surface area contributed by atoms with E-state index in [9.17, 15) is 0 Å². The smallest absolute Gasteiger partial charge is 0.127 e. The molecule has 0 aliphatic heterocycles. The maximum atomic E-state index is 8.69. The molecule has 2 heteroatoms. The van der Waals surface area contributed by atoms with Crippen LogP contribution < -0.4 is 0 Å². The molecule has 0 aromatic carbocycles. The highest BCUT2D eigenvalue weighted by molar-refractivity contribution is 5.46. The molecule has 60 valence electrons. The summed E-state index contributed by atoms with van der Waals surface area (Å²) in [6.07, 6.45) is 1.83. The highest BCUT2D eigenvalue weighted by Crippen LogP contribution is 2.10. The molecule has 0 radical (unpaired) electrons. The van der Waals surface area contributed by atoms with Crippen LogP contribution in [0.15, 0.2) is 22.1 Å². The number of hydrogen-bond acceptors (Lipinski definition) is 2. The lowest BCUT2D eigenvalue weighted by molar-refractivity contribution is 0.332. The molecule has 0 saturated heterocycles. The van der Waals surface area contributed by atoms with Crippen molar-refractivity contribution in [2.45, 2.75) is 13.8 Å². The zero-order chi connectivity index (χ0) is 8.27. The van der Waals surface area contributed by atoms with Crippen molar-refractivity contribution in [3.05, 3.63) is 29.2 Å². The van der Waals surface area contributed by atoms with Crippen molar-refractivity contribution in [3.8, 4) is 0 Å². The van der Waals surface area contributed by atoms with Crippen LogP contribution >= 0.6 is 0 Å². The van der Waals surface area contributed by atoms with E-state index >= 15 is 0 Å². The average Bonchev–Trinajstić information content (AvgIpc) is 2.35. The van der Waals surface area contributed by atoms with Crippen LogP contribution in [0, 0.1) is 6.92 Å². The Morgan fingerprint density at radius 1 is 1.64 bits per heavy atom. The van der Waals surface area contributed by atoms with E-state index in [4.69, 9.17) is 9.52 Å². The van der Waals surface area contributed by atoms with E-state index in [1.807, 2.05) is 32.1 Å². The Kier molecular flexibility index (Phi) is 2.49. The van der Waals surface area contributed by atoms with Crippen LogP contribution in [-0.2, 0) is 0 Å². The molecule has 0 amide bonds. The molecule has 1 aromatic rings. The van der Waals surface area contributed by atoms with Crippen molar-refractivity contribution < 1.29 is 9.52 Å². The Morgan fingerprint density at radius 3 is 2.82 bits per heavy atom. The molecule has 1 N–H and O–H groups in total. The predicted octanol–water partition coefficient (Wildman–Crippen LogP) is 1.98. The third kappa shape index (κ3) is 2.24. The van der Waals surface area contributed by atoms with Gasteiger partial charge >= 0.3 is 0 Å². The highest BCUT2D eigenvalue weighted by atomic mass is 16.3. The van der Waals surface area contributed by atoms with Crippen LogP contribution in [0.2, 0.25) is 0 Å². The highest BCUT2D eigenvalue weighted by Gasteiger charge is 1.93. The molecule has 2 nitrogen and oxygen atoms in total. The fraction of sp³-hybridized carbons (Fsp3) is 0.333. The van der Waals surface area contributed by atoms with Gasteiger partial charge in [0.25, 0.3) is 0 Å². The Hall–Kier alpha value is -1.02. The van der Waals surface area contributed by atoms with Crippen molar-refractivity contribution in [2.75, 3.05) is 6.61 Å². The lowest BCUT2D eigenvalue weighted by Crippen LogP contribution is -1.81. The van der Waals surface area contributed by atoms with Crippen LogP contribution in [0.1, 0.15) is 18.4 Å². The van der Waals surface area contributed by atoms with Crippen LogP contribution in [0.4, 0.5) is 0 Å². The largest absolute Gasteiger partial charge is 0.462 e. The quantitative estimate of drug-likeness (QED) is 0.703. The monoisotopic (exact) mass is 152 g/mol. The minimum Gasteiger partial charge on any atom is -0.462 e. The van der Waals surface area contributed by atoms with E-state index in [1.165, 1.54) is 0 Å². The molecule has 0 aliphatic rings. The standard InChI is InChI=1S/C9H12O2/c1-7(6-10)5-9-4-3-8(2)11-9/h3-5,10H,6H2,1-2H3/b7-5-. The molecule has 1 rings (SSSR count). The summed E-state index contributed by atoms with van der Waals surface area (Å²) >= 11 is 0. The van der Waals surface area contributed by atoms with Gasteiger partial charge in [0.15, 0.2) is 0 Å². The molecule has 0 bridgehead atoms. The van der Waals surface area contributed by atoms with Crippen molar-refractivity contribution in [3.63, 3.8) is 0 Å². The third-order valence-electron chi connectivity index (χ3n) is 1.40. The van der Waals surface area contributed by atoms with Gasteiger partial charge in [0.05, 0.1) is 6.61 Å². The molecule has 0 saturated carbocycles. The maximum Gasteiger partial charge on any atom is 0.127 e. The molecule has 0 fully saturated rings. The van der Waals surface area contributed by atoms with Gasteiger partial charge < -0.3 is 9.52 Å². The van der Waals surface area contributed by atoms with Crippen LogP contribution in [0.3, 0.4) is 0 Å². The zero-order valence-electron chi connectivity index (χ0n) is 6.79. The Balaban J connectivity index is 2.78. The van der Waals surface area contributed by atoms with Gasteiger partial charge in [0, 0.05) is 0 Å². The zero-order valence-corrected chi connectivity index (χ0v) is 6.79. The van der Waals surface area contributed by atoms with E-state index in [1.54, 1.807) is 0 Å². The molecule has 11 heavy (non-hydrogen) atoms. The van der Waals surface area contributed by atoms with Gasteiger partial charge in [-0.05, 0) is 37.6 Å². The molecule has 0 aliphatic carbocycles. The number of aliphatic hydroxyl groups excluding tert-OH is 1. The van der Waals surface area contributed by atoms with Crippen LogP contribution in [0.25, 0.3) is 6.08 Å². The second kappa shape index (κ2) is 3.39. The predicted molar refractivity (Wildman–Crippen MR) is 44.2 cm³/mol. The van der Waals surface area contributed by atoms with Gasteiger partial charge in [0.1, 0.15) is 11.5 Å². The number of hydrogen-bond donors (Lipinski definition) is 1. The van der Waals surface area contributed by atoms with Gasteiger partial charge in [-0.1, -0.05) is 0 Å². The summed E-state index contributed by atoms with van der Waals surface area (Å²) in [5.41, 5.74) is 0.902. The summed E-state index contributed by atoms with van der Waals surface area (Å²) in [6.45, 7) is 3.84. The van der Waals surface area contributed by atoms with Gasteiger partial charge in [-0.3, -0.25) is 0 Å². The van der Waals surface area contributed by atoms with E-state index in [0.29, 0.717) is 0 Å². The summed E-state index contributed by atoms with van der Waals surface area (Å²) in [4.78, 5) is 0. The molecule has 1 aromatic heterocycles. The molecule has 0 unspecified atom stereocenters. The Morgan fingerprint density at radius 2 is 2.36 bits per heavy atom. The fourth-order valence-corrected chi connectivity index (χ4v) is 0.819. The number of aliphatic hydroxyl groups is 1. The third-order valence-corrected chi connectivity index (χ3v) is 1.40. The Labute approximate surface area is 66.2 Å². The van der Waals surface area contributed by atoms with E-state index in [-0.39, 0.29) is 6.61 Å². The van der Waals surface area contributed by atoms with E-state index in [2.05, 4.69) is 0 Å². The molecule has 0 spiro atoms. The Bertz CT molecular complexity index is 258. The first kappa shape index (κ1) is 8.08. The van der Waals surface area contributed by atoms with E-state index in [0.717, 1.165) is 17.1 Å². The van der Waals surface area contributed by atoms with E-state index < -0.39 is 0 Å². The average molecular weight is 152 g/mol. The second-order valence-corrected chi connectivity index (χ2v) is 2.60. The second-order valence-electron chi connectivity index (χ2n) is 2.60. The number of rotatable bonds is 2. The summed E-state index contributed by atoms with van der Waals surface area (Å²) < 4.78 is 5.27. The maximum absolute atomic E-state index is 8.69. The minimum absolute atomic E-state index is 0.0831. The normalized spacial score (nSPS) is 12.1. The number of aryl methyl sites for hydroxylation is 1. The van der Waals surface area contributed by atoms with Crippen molar-refractivity contribution >= 4 is 6.08 Å². The molecular weight excluding hydrogens is 140 g/mol. The van der Waals surface area contributed by atoms with Crippen LogP contribution in [-0.4, -0.2) is 11.7 Å². The molecular formula is C9H12O2. The summed E-state index contributed by atoms with van der Waals surface area (Å²) in [7, 11) is 0. The van der Waals surface area contributed by atoms with Gasteiger partial charge in [-0.2, -0.15) is 0 Å². The van der Waals surface area contributed by atoms with Crippen molar-refractivity contribution in [1.29, 1.82) is 0 Å². The number of furan rings is 1. The summed E-state index contributed by atoms with van der Waals surface area (Å²) in [5.74, 6) is 1.69. The lowest BCUT2D eigenvalue weighted by Gasteiger charge is -1.90. The van der Waals surface area contributed by atoms with Crippen molar-refractivity contribution in [2.24, 2.45) is 0 Å². The first-order valence-corrected chi connectivity index (χ1v) is 3.57. The summed E-state index contributed by atoms with van der Waals surface area (Å²) in [5, 5.41) is 8.69. The summed E-state index contributed by atoms with van der Waals surface area (Å²) in [6, 6.07) is 3.78. The molecule has 0 atom stereocenters. The van der Waals surface area contributed by atoms with Gasteiger partial charge in [-0.25, -0.2) is 0 Å².